The van der Waals surface area contributed by atoms with Crippen molar-refractivity contribution in [3.63, 3.8) is 0 Å². The normalized spacial score (nSPS) is 12.5. The minimum atomic E-state index is -2.00. The van der Waals surface area contributed by atoms with Crippen molar-refractivity contribution < 1.29 is 48.1 Å². The Kier molecular flexibility index (Phi) is 92.9. The van der Waals surface area contributed by atoms with E-state index in [1.807, 2.05) is 0 Å². The lowest BCUT2D eigenvalue weighted by molar-refractivity contribution is -0.545. The van der Waals surface area contributed by atoms with Gasteiger partial charge in [0.05, 0.1) is 52.9 Å². The molecule has 0 bridgehead atoms. The highest BCUT2D eigenvalue weighted by atomic mass is 16.8. The van der Waals surface area contributed by atoms with Gasteiger partial charge in [0.15, 0.2) is 0 Å². The highest BCUT2D eigenvalue weighted by Crippen LogP contribution is 2.48. The first-order chi connectivity index (χ1) is 57.8. The number of rotatable bonds is 105. The van der Waals surface area contributed by atoms with E-state index in [9.17, 15) is 10.2 Å². The molecule has 0 rings (SSSR count). The minimum Gasteiger partial charge on any atom is -0.390 e. The second-order valence-corrected chi connectivity index (χ2v) is 36.7. The largest absolute Gasteiger partial charge is 0.390 e. The topological polar surface area (TPSA) is 118 Å². The maximum Gasteiger partial charge on any atom is 0.294 e. The van der Waals surface area contributed by atoms with Crippen LogP contribution in [0.4, 0.5) is 0 Å². The first-order valence-electron chi connectivity index (χ1n) is 53.9. The Balaban J connectivity index is 9.42. The molecule has 0 fully saturated rings. The number of ether oxygens (including phenoxy) is 8. The number of unbranched alkanes of at least 4 members (excludes halogenated alkanes) is 73. The molecule has 0 amide bonds. The van der Waals surface area contributed by atoms with E-state index in [1.54, 1.807) is 0 Å². The van der Waals surface area contributed by atoms with Gasteiger partial charge in [-0.25, -0.2) is 0 Å². The van der Waals surface area contributed by atoms with Gasteiger partial charge in [-0.05, 0) is 57.8 Å². The number of aliphatic hydroxyl groups excluding tert-OH is 2. The summed E-state index contributed by atoms with van der Waals surface area (Å²) in [5, 5.41) is 26.7. The van der Waals surface area contributed by atoms with Crippen molar-refractivity contribution in [2.24, 2.45) is 0 Å². The van der Waals surface area contributed by atoms with E-state index < -0.39 is 36.6 Å². The van der Waals surface area contributed by atoms with Gasteiger partial charge >= 0.3 is 0 Å². The zero-order valence-electron chi connectivity index (χ0n) is 81.4. The highest BCUT2D eigenvalue weighted by molar-refractivity contribution is 5.01. The third kappa shape index (κ3) is 64.9. The summed E-state index contributed by atoms with van der Waals surface area (Å²) in [7, 11) is 0. The predicted octanol–water partition coefficient (Wildman–Crippen LogP) is 34.3. The average molecular weight is 1660 g/mol. The lowest BCUT2D eigenvalue weighted by Crippen LogP contribution is -2.82. The van der Waals surface area contributed by atoms with Crippen molar-refractivity contribution in [2.45, 2.75) is 612 Å². The average Bonchev–Trinajstić information content (AvgIpc) is 0.709. The van der Waals surface area contributed by atoms with Crippen LogP contribution in [0.15, 0.2) is 0 Å². The van der Waals surface area contributed by atoms with Crippen LogP contribution in [0.2, 0.25) is 0 Å². The molecule has 0 heterocycles. The Morgan fingerprint density at radius 1 is 0.145 bits per heavy atom. The molecule has 2 N–H and O–H groups in total. The monoisotopic (exact) mass is 1660 g/mol. The fourth-order valence-corrected chi connectivity index (χ4v) is 17.4. The molecule has 0 atom stereocenters. The van der Waals surface area contributed by atoms with E-state index in [4.69, 9.17) is 37.9 Å². The lowest BCUT2D eigenvalue weighted by atomic mass is 10.0. The molecular formula is C106H215NO10. The molecule has 117 heavy (non-hydrogen) atoms. The standard InChI is InChI=1S/C106H215NO10/c1-10-19-28-36-44-52-60-68-76-84-93-110-103(101-108,111-94-85-77-69-61-53-45-37-29-20-11-2)105(114-97-88-80-72-64-56-48-40-32-23-14-5,115-98-89-81-73-65-57-49-41-33-24-15-6)107(92-27-18-9)106(116-99-90-82-74-66-58-50-42-34-25-16-7,117-100-91-83-75-67-59-51-43-35-26-17-8)104(102-109,112-95-86-78-70-62-54-46-38-30-21-12-3)113-96-87-79-71-63-55-47-39-31-22-13-4/h108-109H,10-102H2,1-9H3. The molecular weight excluding hydrogens is 1450 g/mol. The summed E-state index contributed by atoms with van der Waals surface area (Å²) in [5.41, 5.74) is 0. The number of aliphatic hydroxyl groups is 2. The second kappa shape index (κ2) is 93.2. The summed E-state index contributed by atoms with van der Waals surface area (Å²) in [6.45, 7) is 22.8. The molecule has 0 aliphatic carbocycles. The van der Waals surface area contributed by atoms with Gasteiger partial charge in [0, 0.05) is 6.54 Å². The van der Waals surface area contributed by atoms with Crippen LogP contribution in [-0.2, 0) is 37.9 Å². The maximum absolute atomic E-state index is 13.3. The summed E-state index contributed by atoms with van der Waals surface area (Å²) in [5.74, 6) is -7.81. The van der Waals surface area contributed by atoms with Crippen LogP contribution in [0.25, 0.3) is 0 Å². The van der Waals surface area contributed by atoms with Crippen LogP contribution in [0.1, 0.15) is 589 Å². The third-order valence-electron chi connectivity index (χ3n) is 25.3. The van der Waals surface area contributed by atoms with Crippen molar-refractivity contribution >= 4 is 0 Å². The molecule has 0 aromatic carbocycles. The van der Waals surface area contributed by atoms with Gasteiger partial charge in [0.25, 0.3) is 23.4 Å². The van der Waals surface area contributed by atoms with Crippen molar-refractivity contribution in [1.29, 1.82) is 0 Å². The van der Waals surface area contributed by atoms with Gasteiger partial charge < -0.3 is 48.1 Å². The van der Waals surface area contributed by atoms with Crippen LogP contribution in [0.5, 0.6) is 0 Å². The van der Waals surface area contributed by atoms with Crippen LogP contribution < -0.4 is 0 Å². The van der Waals surface area contributed by atoms with Crippen LogP contribution in [0, 0.1) is 0 Å². The Labute approximate surface area is 733 Å². The molecule has 0 aliphatic heterocycles. The van der Waals surface area contributed by atoms with E-state index in [2.05, 4.69) is 67.2 Å². The van der Waals surface area contributed by atoms with Crippen LogP contribution in [0.3, 0.4) is 0 Å². The van der Waals surface area contributed by atoms with Crippen molar-refractivity contribution in [3.8, 4) is 0 Å². The molecule has 11 nitrogen and oxygen atoms in total. The van der Waals surface area contributed by atoms with Crippen molar-refractivity contribution in [2.75, 3.05) is 72.6 Å². The highest BCUT2D eigenvalue weighted by Gasteiger charge is 2.72. The smallest absolute Gasteiger partial charge is 0.294 e. The minimum absolute atomic E-state index is 0.333. The lowest BCUT2D eigenvalue weighted by Gasteiger charge is -2.60. The van der Waals surface area contributed by atoms with Gasteiger partial charge in [-0.1, -0.05) is 531 Å². The van der Waals surface area contributed by atoms with Gasteiger partial charge in [0.1, 0.15) is 13.2 Å². The number of nitrogens with zero attached hydrogens (tertiary/aromatic N) is 1. The Morgan fingerprint density at radius 2 is 0.256 bits per heavy atom. The van der Waals surface area contributed by atoms with Gasteiger partial charge in [-0.15, -0.1) is 0 Å². The maximum atomic E-state index is 13.3. The van der Waals surface area contributed by atoms with E-state index in [0.29, 0.717) is 65.8 Å². The molecule has 704 valence electrons. The fourth-order valence-electron chi connectivity index (χ4n) is 17.4. The van der Waals surface area contributed by atoms with Gasteiger partial charge in [0.2, 0.25) is 0 Å². The quantitative estimate of drug-likeness (QED) is 0.0448. The number of hydrogen-bond acceptors (Lipinski definition) is 11. The Morgan fingerprint density at radius 3 is 0.376 bits per heavy atom. The summed E-state index contributed by atoms with van der Waals surface area (Å²) in [6.07, 6.45) is 97.1. The molecule has 0 saturated carbocycles. The van der Waals surface area contributed by atoms with E-state index in [-0.39, 0.29) is 0 Å². The summed E-state index contributed by atoms with van der Waals surface area (Å²) >= 11 is 0. The first-order valence-corrected chi connectivity index (χ1v) is 53.9. The van der Waals surface area contributed by atoms with Crippen molar-refractivity contribution in [3.05, 3.63) is 0 Å². The predicted molar refractivity (Wildman–Crippen MR) is 509 cm³/mol. The SMILES string of the molecule is CCCCCCCCCCCCOC(CO)(OCCCCCCCCCCCC)C(OCCCCCCCCCCCC)(OCCCCCCCCCCCC)N(CCCC)C(OCCCCCCCCCCCC)(OCCCCCCCCCCCC)C(CO)(OCCCCCCCCCCCC)OCCCCCCCCCCCC. The van der Waals surface area contributed by atoms with E-state index in [1.165, 1.54) is 360 Å². The molecule has 11 heteroatoms. The molecule has 0 aromatic rings. The van der Waals surface area contributed by atoms with Gasteiger partial charge in [-0.2, -0.15) is 4.90 Å². The van der Waals surface area contributed by atoms with Crippen LogP contribution in [-0.4, -0.2) is 111 Å². The van der Waals surface area contributed by atoms with Gasteiger partial charge in [-0.3, -0.25) is 0 Å². The molecule has 0 spiro atoms. The van der Waals surface area contributed by atoms with E-state index in [0.717, 1.165) is 161 Å². The summed E-state index contributed by atoms with van der Waals surface area (Å²) in [6, 6.07) is 0. The second-order valence-electron chi connectivity index (χ2n) is 36.7. The molecule has 0 radical (unpaired) electrons. The Hall–Kier alpha value is -0.440. The zero-order valence-corrected chi connectivity index (χ0v) is 81.4. The number of hydrogen-bond donors (Lipinski definition) is 2. The van der Waals surface area contributed by atoms with Crippen LogP contribution >= 0.6 is 0 Å². The third-order valence-corrected chi connectivity index (χ3v) is 25.3. The molecule has 0 aliphatic rings. The summed E-state index contributed by atoms with van der Waals surface area (Å²) in [4.78, 5) is 2.20. The first kappa shape index (κ1) is 117. The van der Waals surface area contributed by atoms with Crippen molar-refractivity contribution in [1.82, 2.24) is 4.90 Å². The molecule has 0 saturated heterocycles. The molecule has 0 unspecified atom stereocenters. The van der Waals surface area contributed by atoms with E-state index >= 15 is 0 Å². The fraction of sp³-hybridized carbons (Fsp3) is 1.00. The molecule has 0 aromatic heterocycles. The Bertz CT molecular complexity index is 1610. The summed E-state index contributed by atoms with van der Waals surface area (Å²) < 4.78 is 63.6. The zero-order chi connectivity index (χ0) is 85.0.